The van der Waals surface area contributed by atoms with E-state index in [0.29, 0.717) is 22.6 Å². The molecule has 1 fully saturated rings. The lowest BCUT2D eigenvalue weighted by Crippen LogP contribution is -2.21. The van der Waals surface area contributed by atoms with Gasteiger partial charge >= 0.3 is 5.57 Å². The molecule has 0 saturated carbocycles. The molecule has 1 aliphatic rings. The molecule has 172 valence electrons. The maximum atomic E-state index is 14.1. The predicted molar refractivity (Wildman–Crippen MR) is 119 cm³/mol. The number of benzene rings is 1. The lowest BCUT2D eigenvalue weighted by atomic mass is 10.1. The third kappa shape index (κ3) is 5.46. The summed E-state index contributed by atoms with van der Waals surface area (Å²) < 4.78 is 43.8. The number of carbonyl (C=O) groups is 1. The Balaban J connectivity index is 1.61. The molecule has 0 unspecified atom stereocenters. The summed E-state index contributed by atoms with van der Waals surface area (Å²) in [5.74, 6) is -0.914. The molecule has 7 nitrogen and oxygen atoms in total. The van der Waals surface area contributed by atoms with E-state index in [1.165, 1.54) is 42.7 Å². The molecule has 2 aromatic heterocycles. The third-order valence-corrected chi connectivity index (χ3v) is 5.14. The van der Waals surface area contributed by atoms with Crippen LogP contribution in [0.4, 0.5) is 30.5 Å². The molecular formula is C22H19ClF3N5O2. The zero-order chi connectivity index (χ0) is 23.6. The molecule has 3 heterocycles. The van der Waals surface area contributed by atoms with Crippen LogP contribution in [0.25, 0.3) is 11.1 Å². The number of rotatable bonds is 6. The van der Waals surface area contributed by atoms with Gasteiger partial charge in [-0.25, -0.2) is 14.4 Å². The molecule has 0 bridgehead atoms. The Bertz CT molecular complexity index is 1170. The molecule has 0 atom stereocenters. The number of ether oxygens (including phenoxy) is 1. The highest BCUT2D eigenvalue weighted by atomic mass is 35.5. The number of nitrogens with two attached hydrogens (primary N) is 1. The molecule has 1 amide bonds. The maximum absolute atomic E-state index is 14.1. The predicted octanol–water partition coefficient (Wildman–Crippen LogP) is 4.89. The van der Waals surface area contributed by atoms with Crippen molar-refractivity contribution in [3.63, 3.8) is 0 Å². The first kappa shape index (κ1) is 22.7. The zero-order valence-electron chi connectivity index (χ0n) is 17.2. The summed E-state index contributed by atoms with van der Waals surface area (Å²) in [6.45, 7) is 1.60. The summed E-state index contributed by atoms with van der Waals surface area (Å²) in [6, 6.07) is 8.13. The Kier molecular flexibility index (Phi) is 6.28. The average molecular weight is 478 g/mol. The van der Waals surface area contributed by atoms with Crippen LogP contribution in [0, 0.1) is 5.82 Å². The Hall–Kier alpha value is -3.53. The highest BCUT2D eigenvalue weighted by Crippen LogP contribution is 2.33. The van der Waals surface area contributed by atoms with Gasteiger partial charge in [0, 0.05) is 53.9 Å². The number of nitrogen functional groups attached to an aromatic ring is 1. The molecule has 1 saturated heterocycles. The normalized spacial score (nSPS) is 13.8. The van der Waals surface area contributed by atoms with Crippen molar-refractivity contribution < 1.29 is 22.7 Å². The topological polar surface area (TPSA) is 93.4 Å². The van der Waals surface area contributed by atoms with E-state index in [1.54, 1.807) is 6.07 Å². The highest BCUT2D eigenvalue weighted by molar-refractivity contribution is 6.20. The van der Waals surface area contributed by atoms with Gasteiger partial charge in [-0.15, -0.1) is 8.78 Å². The zero-order valence-corrected chi connectivity index (χ0v) is 18.0. The molecule has 1 aliphatic heterocycles. The molecular weight excluding hydrogens is 459 g/mol. The Morgan fingerprint density at radius 2 is 1.82 bits per heavy atom. The molecule has 4 rings (SSSR count). The molecule has 0 radical (unpaired) electrons. The van der Waals surface area contributed by atoms with Crippen molar-refractivity contribution >= 4 is 34.8 Å². The monoisotopic (exact) mass is 477 g/mol. The number of pyridine rings is 2. The minimum atomic E-state index is -3.83. The van der Waals surface area contributed by atoms with Crippen molar-refractivity contribution in [3.05, 3.63) is 60.2 Å². The fraction of sp³-hybridized carbons (Fsp3) is 0.227. The highest BCUT2D eigenvalue weighted by Gasteiger charge is 2.27. The van der Waals surface area contributed by atoms with Crippen molar-refractivity contribution in [2.45, 2.75) is 18.4 Å². The first-order valence-electron chi connectivity index (χ1n) is 10.0. The van der Waals surface area contributed by atoms with Crippen molar-refractivity contribution in [2.24, 2.45) is 0 Å². The number of halogens is 4. The quantitative estimate of drug-likeness (QED) is 0.491. The summed E-state index contributed by atoms with van der Waals surface area (Å²) in [5.41, 5.74) is 3.22. The van der Waals surface area contributed by atoms with Gasteiger partial charge < -0.3 is 20.7 Å². The second kappa shape index (κ2) is 9.14. The summed E-state index contributed by atoms with van der Waals surface area (Å²) >= 11 is 4.74. The number of hydrogen-bond acceptors (Lipinski definition) is 6. The second-order valence-corrected chi connectivity index (χ2v) is 7.85. The molecule has 11 heteroatoms. The van der Waals surface area contributed by atoms with E-state index in [0.717, 1.165) is 25.9 Å². The lowest BCUT2D eigenvalue weighted by molar-refractivity contribution is -0.0964. The van der Waals surface area contributed by atoms with Gasteiger partial charge in [-0.3, -0.25) is 4.79 Å². The van der Waals surface area contributed by atoms with E-state index in [1.807, 2.05) is 0 Å². The van der Waals surface area contributed by atoms with Crippen LogP contribution in [0.5, 0.6) is 5.75 Å². The molecule has 33 heavy (non-hydrogen) atoms. The van der Waals surface area contributed by atoms with Gasteiger partial charge in [-0.2, -0.15) is 0 Å². The van der Waals surface area contributed by atoms with Crippen LogP contribution in [0.3, 0.4) is 0 Å². The number of amides is 1. The Morgan fingerprint density at radius 3 is 2.45 bits per heavy atom. The molecule has 1 aromatic carbocycles. The van der Waals surface area contributed by atoms with E-state index in [4.69, 9.17) is 17.3 Å². The van der Waals surface area contributed by atoms with Crippen molar-refractivity contribution in [1.29, 1.82) is 0 Å². The summed E-state index contributed by atoms with van der Waals surface area (Å²) in [7, 11) is 0. The molecule has 3 N–H and O–H groups in total. The minimum Gasteiger partial charge on any atom is -0.420 e. The Labute approximate surface area is 192 Å². The number of alkyl halides is 3. The molecule has 0 aliphatic carbocycles. The van der Waals surface area contributed by atoms with Gasteiger partial charge in [-0.1, -0.05) is 0 Å². The SMILES string of the molecule is Nc1ncc(-c2cc(C(=O)Nc3ccc(OC(F)(F)Cl)cc3)cnc2N2CCCC2)cc1F. The van der Waals surface area contributed by atoms with E-state index in [-0.39, 0.29) is 17.1 Å². The fourth-order valence-electron chi connectivity index (χ4n) is 3.51. The number of hydrogen-bond donors (Lipinski definition) is 2. The van der Waals surface area contributed by atoms with Gasteiger partial charge in [0.25, 0.3) is 5.91 Å². The van der Waals surface area contributed by atoms with Gasteiger partial charge in [0.15, 0.2) is 11.6 Å². The summed E-state index contributed by atoms with van der Waals surface area (Å²) in [4.78, 5) is 23.2. The number of nitrogens with zero attached hydrogens (tertiary/aromatic N) is 3. The van der Waals surface area contributed by atoms with E-state index in [9.17, 15) is 18.0 Å². The number of nitrogens with one attached hydrogen (secondary N) is 1. The number of carbonyl (C=O) groups excluding carboxylic acids is 1. The maximum Gasteiger partial charge on any atom is 0.487 e. The average Bonchev–Trinajstić information content (AvgIpc) is 3.30. The van der Waals surface area contributed by atoms with Gasteiger partial charge in [0.05, 0.1) is 5.56 Å². The summed E-state index contributed by atoms with van der Waals surface area (Å²) in [5, 5.41) is 2.66. The van der Waals surface area contributed by atoms with Crippen molar-refractivity contribution in [2.75, 3.05) is 29.0 Å². The van der Waals surface area contributed by atoms with Gasteiger partial charge in [0.2, 0.25) is 0 Å². The second-order valence-electron chi connectivity index (χ2n) is 7.41. The van der Waals surface area contributed by atoms with Gasteiger partial charge in [0.1, 0.15) is 11.6 Å². The van der Waals surface area contributed by atoms with Crippen LogP contribution in [-0.2, 0) is 0 Å². The molecule has 3 aromatic rings. The van der Waals surface area contributed by atoms with Crippen LogP contribution in [0.15, 0.2) is 48.8 Å². The minimum absolute atomic E-state index is 0.162. The van der Waals surface area contributed by atoms with Gasteiger partial charge in [-0.05, 0) is 49.2 Å². The first-order valence-corrected chi connectivity index (χ1v) is 10.4. The fourth-order valence-corrected chi connectivity index (χ4v) is 3.60. The van der Waals surface area contributed by atoms with E-state index >= 15 is 0 Å². The van der Waals surface area contributed by atoms with Crippen LogP contribution in [-0.4, -0.2) is 34.5 Å². The summed E-state index contributed by atoms with van der Waals surface area (Å²) in [6.07, 6.45) is 4.88. The third-order valence-electron chi connectivity index (χ3n) is 5.06. The first-order chi connectivity index (χ1) is 15.7. The lowest BCUT2D eigenvalue weighted by Gasteiger charge is -2.21. The van der Waals surface area contributed by atoms with E-state index in [2.05, 4.69) is 24.9 Å². The number of anilines is 3. The smallest absolute Gasteiger partial charge is 0.420 e. The standard InChI is InChI=1S/C22H19ClF3N5O2/c23-22(25,26)33-16-5-3-15(4-6-16)30-21(32)14-9-17(13-10-18(24)19(27)28-11-13)20(29-12-14)31-7-1-2-8-31/h3-6,9-12H,1-2,7-8H2,(H2,27,28)(H,30,32). The van der Waals surface area contributed by atoms with Crippen molar-refractivity contribution in [1.82, 2.24) is 9.97 Å². The van der Waals surface area contributed by atoms with Crippen LogP contribution in [0.2, 0.25) is 0 Å². The van der Waals surface area contributed by atoms with Crippen molar-refractivity contribution in [3.8, 4) is 16.9 Å². The largest absolute Gasteiger partial charge is 0.487 e. The van der Waals surface area contributed by atoms with Crippen LogP contribution in [0.1, 0.15) is 23.2 Å². The van der Waals surface area contributed by atoms with E-state index < -0.39 is 17.3 Å². The van der Waals surface area contributed by atoms with Crippen LogP contribution < -0.4 is 20.7 Å². The molecule has 0 spiro atoms. The number of aromatic nitrogens is 2. The van der Waals surface area contributed by atoms with Crippen LogP contribution >= 0.6 is 11.6 Å². The Morgan fingerprint density at radius 1 is 1.12 bits per heavy atom.